The van der Waals surface area contributed by atoms with Gasteiger partial charge in [-0.3, -0.25) is 14.7 Å². The van der Waals surface area contributed by atoms with E-state index in [1.165, 1.54) is 0 Å². The van der Waals surface area contributed by atoms with Gasteiger partial charge in [-0.05, 0) is 37.3 Å². The van der Waals surface area contributed by atoms with Crippen LogP contribution >= 0.6 is 0 Å². The molecule has 1 aromatic heterocycles. The molecule has 7 nitrogen and oxygen atoms in total. The normalized spacial score (nSPS) is 16.4. The summed E-state index contributed by atoms with van der Waals surface area (Å²) in [7, 11) is 0. The van der Waals surface area contributed by atoms with Crippen molar-refractivity contribution in [1.29, 1.82) is 0 Å². The van der Waals surface area contributed by atoms with Crippen molar-refractivity contribution < 1.29 is 9.21 Å². The number of nitrogens with zero attached hydrogens (tertiary/aromatic N) is 2. The molecule has 0 atom stereocenters. The zero-order chi connectivity index (χ0) is 20.2. The minimum atomic E-state index is 0.132. The van der Waals surface area contributed by atoms with Gasteiger partial charge in [0, 0.05) is 45.2 Å². The fourth-order valence-electron chi connectivity index (χ4n) is 3.14. The second kappa shape index (κ2) is 12.4. The summed E-state index contributed by atoms with van der Waals surface area (Å²) in [5, 5.41) is 9.96. The molecule has 1 aliphatic heterocycles. The number of carbonyl (C=O) groups excluding carboxylic acids is 1. The Labute approximate surface area is 169 Å². The van der Waals surface area contributed by atoms with Crippen LogP contribution in [0.25, 0.3) is 0 Å². The van der Waals surface area contributed by atoms with Crippen LogP contribution in [0.3, 0.4) is 0 Å². The van der Waals surface area contributed by atoms with Crippen LogP contribution in [0, 0.1) is 5.92 Å². The van der Waals surface area contributed by atoms with Gasteiger partial charge in [0.1, 0.15) is 5.76 Å². The van der Waals surface area contributed by atoms with Crippen LogP contribution in [-0.4, -0.2) is 62.1 Å². The fraction of sp³-hybridized carbons (Fsp3) is 0.714. The molecule has 0 saturated carbocycles. The second-order valence-electron chi connectivity index (χ2n) is 7.88. The molecule has 3 N–H and O–H groups in total. The zero-order valence-corrected chi connectivity index (χ0v) is 17.7. The van der Waals surface area contributed by atoms with Gasteiger partial charge < -0.3 is 20.4 Å². The Bertz CT molecular complexity index is 578. The third-order valence-electron chi connectivity index (χ3n) is 4.73. The van der Waals surface area contributed by atoms with Gasteiger partial charge in [-0.25, -0.2) is 0 Å². The molecule has 0 aliphatic carbocycles. The number of guanidine groups is 1. The van der Waals surface area contributed by atoms with Gasteiger partial charge in [0.25, 0.3) is 0 Å². The molecule has 0 radical (unpaired) electrons. The van der Waals surface area contributed by atoms with Crippen molar-refractivity contribution in [3.05, 3.63) is 24.2 Å². The maximum atomic E-state index is 11.9. The highest BCUT2D eigenvalue weighted by atomic mass is 16.3. The van der Waals surface area contributed by atoms with Gasteiger partial charge in [0.2, 0.25) is 5.91 Å². The summed E-state index contributed by atoms with van der Waals surface area (Å²) in [6, 6.07) is 4.29. The Morgan fingerprint density at radius 1 is 1.29 bits per heavy atom. The molecule has 0 unspecified atom stereocenters. The number of likely N-dealkylation sites (tertiary alicyclic amines) is 1. The second-order valence-corrected chi connectivity index (χ2v) is 7.88. The van der Waals surface area contributed by atoms with E-state index in [0.717, 1.165) is 70.1 Å². The van der Waals surface area contributed by atoms with Gasteiger partial charge in [-0.15, -0.1) is 0 Å². The molecule has 7 heteroatoms. The molecule has 158 valence electrons. The molecule has 1 aliphatic rings. The van der Waals surface area contributed by atoms with Crippen molar-refractivity contribution in [1.82, 2.24) is 20.9 Å². The highest BCUT2D eigenvalue weighted by Gasteiger charge is 2.21. The van der Waals surface area contributed by atoms with E-state index in [1.54, 1.807) is 6.26 Å². The average Bonchev–Trinajstić information content (AvgIpc) is 3.19. The molecule has 0 bridgehead atoms. The van der Waals surface area contributed by atoms with Crippen molar-refractivity contribution in [3.8, 4) is 0 Å². The monoisotopic (exact) mass is 391 g/mol. The topological polar surface area (TPSA) is 81.9 Å². The van der Waals surface area contributed by atoms with E-state index in [1.807, 2.05) is 12.1 Å². The first-order valence-corrected chi connectivity index (χ1v) is 10.6. The lowest BCUT2D eigenvalue weighted by Crippen LogP contribution is -2.50. The quantitative estimate of drug-likeness (QED) is 0.420. The lowest BCUT2D eigenvalue weighted by Gasteiger charge is -2.32. The first-order chi connectivity index (χ1) is 13.6. The van der Waals surface area contributed by atoms with Crippen LogP contribution < -0.4 is 16.0 Å². The summed E-state index contributed by atoms with van der Waals surface area (Å²) in [5.41, 5.74) is 0. The van der Waals surface area contributed by atoms with Gasteiger partial charge >= 0.3 is 0 Å². The largest absolute Gasteiger partial charge is 0.469 e. The van der Waals surface area contributed by atoms with Crippen LogP contribution in [0.1, 0.15) is 45.8 Å². The maximum absolute atomic E-state index is 11.9. The summed E-state index contributed by atoms with van der Waals surface area (Å²) < 4.78 is 5.39. The summed E-state index contributed by atoms with van der Waals surface area (Å²) >= 11 is 0. The Kier molecular flexibility index (Phi) is 9.90. The average molecular weight is 392 g/mol. The lowest BCUT2D eigenvalue weighted by molar-refractivity contribution is -0.122. The summed E-state index contributed by atoms with van der Waals surface area (Å²) in [6.07, 6.45) is 5.55. The molecule has 0 aromatic carbocycles. The van der Waals surface area contributed by atoms with Crippen LogP contribution in [0.2, 0.25) is 0 Å². The first kappa shape index (κ1) is 22.3. The minimum absolute atomic E-state index is 0.132. The molecule has 2 rings (SSSR count). The molecule has 1 saturated heterocycles. The number of nitrogens with one attached hydrogen (secondary N) is 3. The van der Waals surface area contributed by atoms with Crippen molar-refractivity contribution in [3.63, 3.8) is 0 Å². The van der Waals surface area contributed by atoms with Crippen LogP contribution in [-0.2, 0) is 11.2 Å². The predicted molar refractivity (Wildman–Crippen MR) is 113 cm³/mol. The summed E-state index contributed by atoms with van der Waals surface area (Å²) in [4.78, 5) is 18.8. The molecule has 1 amide bonds. The van der Waals surface area contributed by atoms with Crippen LogP contribution in [0.15, 0.2) is 27.8 Å². The predicted octanol–water partition coefficient (Wildman–Crippen LogP) is 2.00. The third kappa shape index (κ3) is 8.78. The maximum Gasteiger partial charge on any atom is 0.234 e. The zero-order valence-electron chi connectivity index (χ0n) is 17.7. The van der Waals surface area contributed by atoms with E-state index >= 15 is 0 Å². The molecule has 2 heterocycles. The van der Waals surface area contributed by atoms with Crippen molar-refractivity contribution >= 4 is 11.9 Å². The first-order valence-electron chi connectivity index (χ1n) is 10.6. The Hall–Kier alpha value is -2.02. The number of furan rings is 1. The highest BCUT2D eigenvalue weighted by Crippen LogP contribution is 2.10. The smallest absolute Gasteiger partial charge is 0.234 e. The molecule has 1 aromatic rings. The molecule has 1 fully saturated rings. The Morgan fingerprint density at radius 2 is 2.07 bits per heavy atom. The van der Waals surface area contributed by atoms with Crippen molar-refractivity contribution in [2.75, 3.05) is 39.3 Å². The number of aliphatic imine (C=N–C) groups is 1. The van der Waals surface area contributed by atoms with Gasteiger partial charge in [-0.2, -0.15) is 0 Å². The van der Waals surface area contributed by atoms with E-state index in [0.29, 0.717) is 18.5 Å². The molecular weight excluding hydrogens is 354 g/mol. The summed E-state index contributed by atoms with van der Waals surface area (Å²) in [6.45, 7) is 11.1. The van der Waals surface area contributed by atoms with Crippen molar-refractivity contribution in [2.24, 2.45) is 10.9 Å². The van der Waals surface area contributed by atoms with E-state index in [-0.39, 0.29) is 5.91 Å². The number of piperidine rings is 1. The number of carbonyl (C=O) groups is 1. The number of hydrogen-bond acceptors (Lipinski definition) is 4. The molecule has 28 heavy (non-hydrogen) atoms. The van der Waals surface area contributed by atoms with E-state index in [4.69, 9.17) is 9.41 Å². The van der Waals surface area contributed by atoms with Crippen LogP contribution in [0.5, 0.6) is 0 Å². The van der Waals surface area contributed by atoms with E-state index < -0.39 is 0 Å². The molecular formula is C21H37N5O2. The van der Waals surface area contributed by atoms with Crippen molar-refractivity contribution in [2.45, 2.75) is 52.5 Å². The van der Waals surface area contributed by atoms with E-state index in [2.05, 4.69) is 41.6 Å². The van der Waals surface area contributed by atoms with Gasteiger partial charge in [-0.1, -0.05) is 20.8 Å². The van der Waals surface area contributed by atoms with Gasteiger partial charge in [0.15, 0.2) is 5.96 Å². The minimum Gasteiger partial charge on any atom is -0.469 e. The Morgan fingerprint density at radius 3 is 2.71 bits per heavy atom. The Balaban J connectivity index is 1.75. The number of hydrogen-bond donors (Lipinski definition) is 3. The fourth-order valence-corrected chi connectivity index (χ4v) is 3.14. The SMILES string of the molecule is CCCNC(=O)CN1CCC(NC(=NCC(C)C)NCCc2ccco2)CC1. The van der Waals surface area contributed by atoms with E-state index in [9.17, 15) is 4.79 Å². The molecule has 0 spiro atoms. The standard InChI is InChI=1S/C21H37N5O2/c1-4-10-22-20(27)16-26-12-8-18(9-13-26)25-21(24-15-17(2)3)23-11-7-19-6-5-14-28-19/h5-6,14,17-18H,4,7-13,15-16H2,1-3H3,(H,22,27)(H2,23,24,25). The van der Waals surface area contributed by atoms with Gasteiger partial charge in [0.05, 0.1) is 12.8 Å². The lowest BCUT2D eigenvalue weighted by atomic mass is 10.1. The number of amides is 1. The number of rotatable bonds is 10. The third-order valence-corrected chi connectivity index (χ3v) is 4.73. The van der Waals surface area contributed by atoms with Crippen LogP contribution in [0.4, 0.5) is 0 Å². The highest BCUT2D eigenvalue weighted by molar-refractivity contribution is 5.80. The summed E-state index contributed by atoms with van der Waals surface area (Å²) in [5.74, 6) is 2.50.